The zero-order chi connectivity index (χ0) is 13.8. The molecule has 0 aliphatic carbocycles. The molecule has 1 aliphatic rings. The summed E-state index contributed by atoms with van der Waals surface area (Å²) in [6, 6.07) is 0. The number of hydrogen-bond acceptors (Lipinski definition) is 6. The Bertz CT molecular complexity index is 545. The molecule has 0 bridgehead atoms. The first-order valence-corrected chi connectivity index (χ1v) is 8.70. The molecule has 1 amide bonds. The number of fused-ring (bicyclic) bond motifs is 1. The maximum absolute atomic E-state index is 12.1. The minimum atomic E-state index is 0.280. The van der Waals surface area contributed by atoms with Gasteiger partial charge in [-0.1, -0.05) is 35.9 Å². The highest BCUT2D eigenvalue weighted by Crippen LogP contribution is 2.24. The van der Waals surface area contributed by atoms with E-state index in [1.165, 1.54) is 24.2 Å². The standard InChI is InChI=1S/C12H17N5OS2/c18-10(16-6-3-1-2-4-7-16)5-8-19-12-15-17-9-13-14-11(17)20-12/h9H,1-8H2. The fourth-order valence-corrected chi connectivity index (χ4v) is 4.16. The highest BCUT2D eigenvalue weighted by atomic mass is 32.2. The Labute approximate surface area is 125 Å². The number of nitrogens with zero attached hydrogens (tertiary/aromatic N) is 5. The lowest BCUT2D eigenvalue weighted by molar-refractivity contribution is -0.130. The molecule has 1 aliphatic heterocycles. The van der Waals surface area contributed by atoms with Crippen molar-refractivity contribution in [3.8, 4) is 0 Å². The second-order valence-electron chi connectivity index (χ2n) is 4.82. The molecule has 0 unspecified atom stereocenters. The van der Waals surface area contributed by atoms with E-state index in [2.05, 4.69) is 15.3 Å². The molecule has 108 valence electrons. The van der Waals surface area contributed by atoms with Gasteiger partial charge in [0, 0.05) is 25.3 Å². The van der Waals surface area contributed by atoms with Gasteiger partial charge in [0.25, 0.3) is 0 Å². The quantitative estimate of drug-likeness (QED) is 0.809. The molecule has 2 aromatic rings. The van der Waals surface area contributed by atoms with Crippen molar-refractivity contribution in [2.75, 3.05) is 18.8 Å². The summed E-state index contributed by atoms with van der Waals surface area (Å²) in [5.74, 6) is 1.06. The minimum absolute atomic E-state index is 0.280. The fourth-order valence-electron chi connectivity index (χ4n) is 2.30. The van der Waals surface area contributed by atoms with Gasteiger partial charge >= 0.3 is 0 Å². The Morgan fingerprint density at radius 3 is 2.85 bits per heavy atom. The highest BCUT2D eigenvalue weighted by molar-refractivity contribution is 8.01. The number of thioether (sulfide) groups is 1. The van der Waals surface area contributed by atoms with Crippen LogP contribution in [-0.2, 0) is 4.79 Å². The summed E-state index contributed by atoms with van der Waals surface area (Å²) in [7, 11) is 0. The van der Waals surface area contributed by atoms with Crippen molar-refractivity contribution < 1.29 is 4.79 Å². The van der Waals surface area contributed by atoms with Gasteiger partial charge in [-0.05, 0) is 12.8 Å². The van der Waals surface area contributed by atoms with Gasteiger partial charge < -0.3 is 4.90 Å². The molecule has 0 radical (unpaired) electrons. The van der Waals surface area contributed by atoms with Gasteiger partial charge in [0.15, 0.2) is 4.34 Å². The van der Waals surface area contributed by atoms with E-state index in [4.69, 9.17) is 0 Å². The SMILES string of the molecule is O=C(CCSc1nn2cnnc2s1)N1CCCCCC1. The van der Waals surface area contributed by atoms with Crippen molar-refractivity contribution in [2.24, 2.45) is 0 Å². The fraction of sp³-hybridized carbons (Fsp3) is 0.667. The van der Waals surface area contributed by atoms with Crippen LogP contribution in [0.4, 0.5) is 0 Å². The summed E-state index contributed by atoms with van der Waals surface area (Å²) in [6.07, 6.45) is 6.99. The Balaban J connectivity index is 1.46. The third-order valence-electron chi connectivity index (χ3n) is 3.37. The Kier molecular flexibility index (Phi) is 4.51. The Morgan fingerprint density at radius 1 is 1.30 bits per heavy atom. The number of amides is 1. The van der Waals surface area contributed by atoms with E-state index < -0.39 is 0 Å². The maximum Gasteiger partial charge on any atom is 0.235 e. The number of carbonyl (C=O) groups is 1. The topological polar surface area (TPSA) is 63.4 Å². The average molecular weight is 311 g/mol. The van der Waals surface area contributed by atoms with Gasteiger partial charge in [-0.15, -0.1) is 15.3 Å². The van der Waals surface area contributed by atoms with Crippen LogP contribution in [0.15, 0.2) is 10.7 Å². The normalized spacial score (nSPS) is 16.5. The summed E-state index contributed by atoms with van der Waals surface area (Å²) >= 11 is 3.13. The molecule has 0 N–H and O–H groups in total. The lowest BCUT2D eigenvalue weighted by Gasteiger charge is -2.19. The van der Waals surface area contributed by atoms with Crippen molar-refractivity contribution in [1.82, 2.24) is 24.7 Å². The zero-order valence-corrected chi connectivity index (χ0v) is 12.8. The van der Waals surface area contributed by atoms with Gasteiger partial charge in [-0.2, -0.15) is 4.52 Å². The van der Waals surface area contributed by atoms with E-state index in [0.717, 1.165) is 41.0 Å². The van der Waals surface area contributed by atoms with Crippen LogP contribution in [0.5, 0.6) is 0 Å². The van der Waals surface area contributed by atoms with Gasteiger partial charge in [0.05, 0.1) is 0 Å². The summed E-state index contributed by atoms with van der Waals surface area (Å²) < 4.78 is 2.61. The Morgan fingerprint density at radius 2 is 2.10 bits per heavy atom. The largest absolute Gasteiger partial charge is 0.343 e. The number of aromatic nitrogens is 4. The molecular weight excluding hydrogens is 294 g/mol. The van der Waals surface area contributed by atoms with Crippen LogP contribution in [0.2, 0.25) is 0 Å². The number of hydrogen-bond donors (Lipinski definition) is 0. The van der Waals surface area contributed by atoms with Gasteiger partial charge in [-0.3, -0.25) is 4.79 Å². The molecule has 0 atom stereocenters. The molecule has 0 saturated carbocycles. The molecule has 3 rings (SSSR count). The summed E-state index contributed by atoms with van der Waals surface area (Å²) in [5.41, 5.74) is 0. The van der Waals surface area contributed by atoms with Crippen LogP contribution in [0.3, 0.4) is 0 Å². The molecule has 0 spiro atoms. The van der Waals surface area contributed by atoms with Crippen LogP contribution < -0.4 is 0 Å². The second-order valence-corrected chi connectivity index (χ2v) is 7.12. The van der Waals surface area contributed by atoms with Crippen molar-refractivity contribution >= 4 is 34.0 Å². The summed E-state index contributed by atoms with van der Waals surface area (Å²) in [5, 5.41) is 12.1. The first-order valence-electron chi connectivity index (χ1n) is 6.90. The van der Waals surface area contributed by atoms with Gasteiger partial charge in [-0.25, -0.2) is 0 Å². The smallest absolute Gasteiger partial charge is 0.235 e. The first-order chi connectivity index (χ1) is 9.83. The predicted molar refractivity (Wildman–Crippen MR) is 79.0 cm³/mol. The molecule has 1 saturated heterocycles. The molecule has 20 heavy (non-hydrogen) atoms. The second kappa shape index (κ2) is 6.53. The Hall–Kier alpha value is -1.15. The molecule has 3 heterocycles. The predicted octanol–water partition coefficient (Wildman–Crippen LogP) is 2.07. The summed E-state index contributed by atoms with van der Waals surface area (Å²) in [6.45, 7) is 1.86. The van der Waals surface area contributed by atoms with E-state index in [1.54, 1.807) is 22.6 Å². The maximum atomic E-state index is 12.1. The minimum Gasteiger partial charge on any atom is -0.343 e. The van der Waals surface area contributed by atoms with E-state index in [0.29, 0.717) is 6.42 Å². The molecule has 6 nitrogen and oxygen atoms in total. The monoisotopic (exact) mass is 311 g/mol. The average Bonchev–Trinajstić information content (AvgIpc) is 2.90. The van der Waals surface area contributed by atoms with Crippen molar-refractivity contribution in [2.45, 2.75) is 36.4 Å². The van der Waals surface area contributed by atoms with Crippen molar-refractivity contribution in [1.29, 1.82) is 0 Å². The zero-order valence-electron chi connectivity index (χ0n) is 11.2. The van der Waals surface area contributed by atoms with E-state index in [9.17, 15) is 4.79 Å². The third kappa shape index (κ3) is 3.29. The number of likely N-dealkylation sites (tertiary alicyclic amines) is 1. The van der Waals surface area contributed by atoms with Crippen LogP contribution in [0.1, 0.15) is 32.1 Å². The first kappa shape index (κ1) is 13.8. The molecule has 0 aromatic carbocycles. The van der Waals surface area contributed by atoms with Crippen molar-refractivity contribution in [3.63, 3.8) is 0 Å². The van der Waals surface area contributed by atoms with Crippen LogP contribution in [0, 0.1) is 0 Å². The number of carbonyl (C=O) groups excluding carboxylic acids is 1. The number of rotatable bonds is 4. The molecular formula is C12H17N5OS2. The van der Waals surface area contributed by atoms with Crippen LogP contribution in [-0.4, -0.2) is 49.5 Å². The van der Waals surface area contributed by atoms with Gasteiger partial charge in [0.2, 0.25) is 10.9 Å². The van der Waals surface area contributed by atoms with Crippen LogP contribution in [0.25, 0.3) is 4.96 Å². The third-order valence-corrected chi connectivity index (χ3v) is 5.42. The van der Waals surface area contributed by atoms with Crippen molar-refractivity contribution in [3.05, 3.63) is 6.33 Å². The van der Waals surface area contributed by atoms with E-state index in [1.807, 2.05) is 4.90 Å². The molecule has 2 aromatic heterocycles. The lowest BCUT2D eigenvalue weighted by atomic mass is 10.2. The summed E-state index contributed by atoms with van der Waals surface area (Å²) in [4.78, 5) is 14.9. The molecule has 8 heteroatoms. The highest BCUT2D eigenvalue weighted by Gasteiger charge is 2.15. The lowest BCUT2D eigenvalue weighted by Crippen LogP contribution is -2.31. The van der Waals surface area contributed by atoms with E-state index >= 15 is 0 Å². The van der Waals surface area contributed by atoms with E-state index in [-0.39, 0.29) is 5.91 Å². The van der Waals surface area contributed by atoms with Gasteiger partial charge in [0.1, 0.15) is 6.33 Å². The van der Waals surface area contributed by atoms with Crippen LogP contribution >= 0.6 is 23.1 Å². The molecule has 1 fully saturated rings.